The van der Waals surface area contributed by atoms with Crippen molar-refractivity contribution in [3.05, 3.63) is 29.3 Å². The van der Waals surface area contributed by atoms with Crippen LogP contribution in [0.2, 0.25) is 0 Å². The largest absolute Gasteiger partial charge is 0.399 e. The van der Waals surface area contributed by atoms with Crippen LogP contribution in [0.25, 0.3) is 0 Å². The van der Waals surface area contributed by atoms with Crippen molar-refractivity contribution < 1.29 is 0 Å². The zero-order chi connectivity index (χ0) is 14.1. The molecule has 110 valence electrons. The molecule has 0 aromatic heterocycles. The Morgan fingerprint density at radius 3 is 2.95 bits per heavy atom. The maximum atomic E-state index is 6.04. The van der Waals surface area contributed by atoms with Crippen molar-refractivity contribution in [3.63, 3.8) is 0 Å². The van der Waals surface area contributed by atoms with Gasteiger partial charge in [0.25, 0.3) is 0 Å². The Hall–Kier alpha value is -1.06. The van der Waals surface area contributed by atoms with Gasteiger partial charge in [0.05, 0.1) is 0 Å². The van der Waals surface area contributed by atoms with Crippen LogP contribution >= 0.6 is 0 Å². The zero-order valence-electron chi connectivity index (χ0n) is 12.8. The van der Waals surface area contributed by atoms with Crippen LogP contribution in [0, 0.1) is 6.92 Å². The van der Waals surface area contributed by atoms with Crippen molar-refractivity contribution in [1.82, 2.24) is 9.80 Å². The van der Waals surface area contributed by atoms with E-state index in [1.54, 1.807) is 0 Å². The number of benzene rings is 1. The standard InChI is InChI=1S/C17H27N3/c1-13-10-19-9-4-3-7-16(19)12-20(13)11-15-6-5-8-17(18)14(15)2/h5-6,8,13,16H,3-4,7,9-12,18H2,1-2H3. The first kappa shape index (κ1) is 13.9. The maximum Gasteiger partial charge on any atom is 0.0346 e. The van der Waals surface area contributed by atoms with E-state index in [2.05, 4.69) is 35.8 Å². The molecule has 2 aliphatic heterocycles. The highest BCUT2D eigenvalue weighted by molar-refractivity contribution is 5.49. The first-order valence-corrected chi connectivity index (χ1v) is 7.97. The second-order valence-electron chi connectivity index (χ2n) is 6.55. The summed E-state index contributed by atoms with van der Waals surface area (Å²) in [5.41, 5.74) is 9.61. The summed E-state index contributed by atoms with van der Waals surface area (Å²) in [5.74, 6) is 0. The number of piperazine rings is 1. The van der Waals surface area contributed by atoms with Gasteiger partial charge in [0.15, 0.2) is 0 Å². The summed E-state index contributed by atoms with van der Waals surface area (Å²) >= 11 is 0. The summed E-state index contributed by atoms with van der Waals surface area (Å²) in [6, 6.07) is 7.73. The van der Waals surface area contributed by atoms with Crippen LogP contribution < -0.4 is 5.73 Å². The van der Waals surface area contributed by atoms with Gasteiger partial charge >= 0.3 is 0 Å². The molecule has 2 unspecified atom stereocenters. The fourth-order valence-corrected chi connectivity index (χ4v) is 3.73. The van der Waals surface area contributed by atoms with Gasteiger partial charge in [-0.05, 0) is 50.4 Å². The van der Waals surface area contributed by atoms with Crippen molar-refractivity contribution >= 4 is 5.69 Å². The molecular formula is C17H27N3. The van der Waals surface area contributed by atoms with Crippen LogP contribution in [0.5, 0.6) is 0 Å². The lowest BCUT2D eigenvalue weighted by Gasteiger charge is -2.47. The second-order valence-corrected chi connectivity index (χ2v) is 6.55. The number of nitrogens with two attached hydrogens (primary N) is 1. The number of hydrogen-bond donors (Lipinski definition) is 1. The molecule has 0 aliphatic carbocycles. The SMILES string of the molecule is Cc1c(N)cccc1CN1CC2CCCCN2CC1C. The minimum absolute atomic E-state index is 0.644. The lowest BCUT2D eigenvalue weighted by molar-refractivity contribution is 0.0110. The molecule has 2 atom stereocenters. The van der Waals surface area contributed by atoms with Gasteiger partial charge in [-0.15, -0.1) is 0 Å². The van der Waals surface area contributed by atoms with E-state index < -0.39 is 0 Å². The van der Waals surface area contributed by atoms with Gasteiger partial charge in [-0.2, -0.15) is 0 Å². The third kappa shape index (κ3) is 2.70. The van der Waals surface area contributed by atoms with Crippen LogP contribution in [0.3, 0.4) is 0 Å². The monoisotopic (exact) mass is 273 g/mol. The Labute approximate surface area is 122 Å². The summed E-state index contributed by atoms with van der Waals surface area (Å²) in [5, 5.41) is 0. The lowest BCUT2D eigenvalue weighted by atomic mass is 9.96. The fourth-order valence-electron chi connectivity index (χ4n) is 3.73. The number of hydrogen-bond acceptors (Lipinski definition) is 3. The molecule has 2 heterocycles. The highest BCUT2D eigenvalue weighted by Crippen LogP contribution is 2.26. The van der Waals surface area contributed by atoms with Crippen molar-refractivity contribution in [1.29, 1.82) is 0 Å². The fraction of sp³-hybridized carbons (Fsp3) is 0.647. The van der Waals surface area contributed by atoms with E-state index in [4.69, 9.17) is 5.73 Å². The molecule has 3 heteroatoms. The van der Waals surface area contributed by atoms with E-state index in [9.17, 15) is 0 Å². The molecular weight excluding hydrogens is 246 g/mol. The van der Waals surface area contributed by atoms with Crippen molar-refractivity contribution in [2.45, 2.75) is 51.7 Å². The third-order valence-electron chi connectivity index (χ3n) is 5.18. The molecule has 0 bridgehead atoms. The van der Waals surface area contributed by atoms with Gasteiger partial charge < -0.3 is 5.73 Å². The second kappa shape index (κ2) is 5.74. The molecule has 2 fully saturated rings. The van der Waals surface area contributed by atoms with E-state index in [0.717, 1.165) is 18.3 Å². The summed E-state index contributed by atoms with van der Waals surface area (Å²) < 4.78 is 0. The smallest absolute Gasteiger partial charge is 0.0346 e. The first-order chi connectivity index (χ1) is 9.65. The van der Waals surface area contributed by atoms with Gasteiger partial charge in [0.2, 0.25) is 0 Å². The van der Waals surface area contributed by atoms with Crippen LogP contribution in [-0.4, -0.2) is 41.5 Å². The average Bonchev–Trinajstić information content (AvgIpc) is 2.44. The summed E-state index contributed by atoms with van der Waals surface area (Å²) in [7, 11) is 0. The Morgan fingerprint density at radius 1 is 1.25 bits per heavy atom. The maximum absolute atomic E-state index is 6.04. The molecule has 0 radical (unpaired) electrons. The summed E-state index contributed by atoms with van der Waals surface area (Å²) in [4.78, 5) is 5.35. The number of nitrogen functional groups attached to an aromatic ring is 1. The van der Waals surface area contributed by atoms with Crippen LogP contribution in [-0.2, 0) is 6.54 Å². The number of rotatable bonds is 2. The zero-order valence-corrected chi connectivity index (χ0v) is 12.8. The molecule has 3 nitrogen and oxygen atoms in total. The van der Waals surface area contributed by atoms with Crippen molar-refractivity contribution in [2.75, 3.05) is 25.4 Å². The predicted octanol–water partition coefficient (Wildman–Crippen LogP) is 2.64. The van der Waals surface area contributed by atoms with E-state index >= 15 is 0 Å². The molecule has 0 amide bonds. The minimum Gasteiger partial charge on any atom is -0.399 e. The number of piperidine rings is 1. The Balaban J connectivity index is 1.72. The van der Waals surface area contributed by atoms with Gasteiger partial charge in [-0.25, -0.2) is 0 Å². The van der Waals surface area contributed by atoms with E-state index in [1.165, 1.54) is 50.0 Å². The molecule has 3 rings (SSSR count). The normalized spacial score (nSPS) is 28.3. The predicted molar refractivity (Wildman–Crippen MR) is 84.7 cm³/mol. The Bertz CT molecular complexity index is 471. The Morgan fingerprint density at radius 2 is 2.10 bits per heavy atom. The van der Waals surface area contributed by atoms with Crippen LogP contribution in [0.4, 0.5) is 5.69 Å². The van der Waals surface area contributed by atoms with E-state index in [-0.39, 0.29) is 0 Å². The number of anilines is 1. The highest BCUT2D eigenvalue weighted by Gasteiger charge is 2.32. The molecule has 0 saturated carbocycles. The number of fused-ring (bicyclic) bond motifs is 1. The van der Waals surface area contributed by atoms with Gasteiger partial charge in [0.1, 0.15) is 0 Å². The van der Waals surface area contributed by atoms with Crippen LogP contribution in [0.1, 0.15) is 37.3 Å². The third-order valence-corrected chi connectivity index (χ3v) is 5.18. The molecule has 0 spiro atoms. The molecule has 20 heavy (non-hydrogen) atoms. The van der Waals surface area contributed by atoms with Crippen molar-refractivity contribution in [2.24, 2.45) is 0 Å². The van der Waals surface area contributed by atoms with Gasteiger partial charge in [0, 0.05) is 37.4 Å². The molecule has 1 aromatic carbocycles. The molecule has 2 aliphatic rings. The van der Waals surface area contributed by atoms with Crippen LogP contribution in [0.15, 0.2) is 18.2 Å². The van der Waals surface area contributed by atoms with Crippen molar-refractivity contribution in [3.8, 4) is 0 Å². The van der Waals surface area contributed by atoms with E-state index in [0.29, 0.717) is 6.04 Å². The highest BCUT2D eigenvalue weighted by atomic mass is 15.3. The Kier molecular flexibility index (Phi) is 3.99. The van der Waals surface area contributed by atoms with E-state index in [1.807, 2.05) is 6.07 Å². The van der Waals surface area contributed by atoms with Gasteiger partial charge in [-0.3, -0.25) is 9.80 Å². The average molecular weight is 273 g/mol. The molecule has 2 N–H and O–H groups in total. The minimum atomic E-state index is 0.644. The quantitative estimate of drug-likeness (QED) is 0.841. The lowest BCUT2D eigenvalue weighted by Crippen LogP contribution is -2.58. The first-order valence-electron chi connectivity index (χ1n) is 7.97. The topological polar surface area (TPSA) is 32.5 Å². The summed E-state index contributed by atoms with van der Waals surface area (Å²) in [6.07, 6.45) is 4.16. The molecule has 2 saturated heterocycles. The number of nitrogens with zero attached hydrogens (tertiary/aromatic N) is 2. The summed E-state index contributed by atoms with van der Waals surface area (Å²) in [6.45, 7) is 9.31. The van der Waals surface area contributed by atoms with Gasteiger partial charge in [-0.1, -0.05) is 18.6 Å². The molecule has 1 aromatic rings.